The molecule has 0 unspecified atom stereocenters. The second-order valence-corrected chi connectivity index (χ2v) is 4.31. The lowest BCUT2D eigenvalue weighted by Gasteiger charge is -2.11. The van der Waals surface area contributed by atoms with E-state index in [2.05, 4.69) is 10.6 Å². The van der Waals surface area contributed by atoms with E-state index in [4.69, 9.17) is 5.11 Å². The number of nitrogens with one attached hydrogen (secondary N) is 2. The highest BCUT2D eigenvalue weighted by molar-refractivity contribution is 5.74. The first-order valence-corrected chi connectivity index (χ1v) is 6.15. The summed E-state index contributed by atoms with van der Waals surface area (Å²) in [5.74, 6) is -1.00. The van der Waals surface area contributed by atoms with E-state index < -0.39 is 31.1 Å². The molecule has 0 atom stereocenters. The molecule has 0 saturated carbocycles. The number of carbonyl (C=O) groups excluding carboxylic acids is 1. The monoisotopic (exact) mass is 304 g/mol. The molecule has 0 aliphatic heterocycles. The molecular formula is C13H15F3N2O3. The van der Waals surface area contributed by atoms with Crippen molar-refractivity contribution in [2.24, 2.45) is 0 Å². The van der Waals surface area contributed by atoms with Crippen LogP contribution in [0.5, 0.6) is 0 Å². The van der Waals surface area contributed by atoms with Crippen molar-refractivity contribution in [2.75, 3.05) is 6.54 Å². The van der Waals surface area contributed by atoms with Crippen LogP contribution in [0.4, 0.5) is 18.0 Å². The Bertz CT molecular complexity index is 504. The Balaban J connectivity index is 2.44. The van der Waals surface area contributed by atoms with E-state index in [-0.39, 0.29) is 13.0 Å². The predicted octanol–water partition coefficient (Wildman–Crippen LogP) is 2.07. The molecule has 0 radical (unpaired) electrons. The zero-order valence-electron chi connectivity index (χ0n) is 11.0. The minimum Gasteiger partial charge on any atom is -0.481 e. The first-order chi connectivity index (χ1) is 9.78. The van der Waals surface area contributed by atoms with Gasteiger partial charge in [0.1, 0.15) is 0 Å². The minimum absolute atomic E-state index is 0.0430. The first-order valence-electron chi connectivity index (χ1n) is 6.15. The van der Waals surface area contributed by atoms with Crippen LogP contribution in [-0.4, -0.2) is 29.8 Å². The van der Waals surface area contributed by atoms with Gasteiger partial charge in [0.2, 0.25) is 0 Å². The number of hydrogen-bond donors (Lipinski definition) is 3. The van der Waals surface area contributed by atoms with Crippen LogP contribution in [-0.2, 0) is 17.8 Å². The quantitative estimate of drug-likeness (QED) is 0.753. The maximum atomic E-state index is 11.9. The molecule has 0 bridgehead atoms. The Morgan fingerprint density at radius 3 is 2.29 bits per heavy atom. The molecule has 8 heteroatoms. The zero-order chi connectivity index (χ0) is 15.9. The van der Waals surface area contributed by atoms with E-state index >= 15 is 0 Å². The van der Waals surface area contributed by atoms with Crippen LogP contribution in [0.1, 0.15) is 17.5 Å². The third-order valence-corrected chi connectivity index (χ3v) is 2.59. The van der Waals surface area contributed by atoms with Crippen molar-refractivity contribution in [3.63, 3.8) is 0 Å². The SMILES string of the molecule is O=C(O)Cc1ccccc1CNC(=O)NCCC(F)(F)F. The summed E-state index contributed by atoms with van der Waals surface area (Å²) in [5, 5.41) is 13.2. The van der Waals surface area contributed by atoms with Gasteiger partial charge in [-0.1, -0.05) is 24.3 Å². The van der Waals surface area contributed by atoms with Crippen molar-refractivity contribution in [1.29, 1.82) is 0 Å². The summed E-state index contributed by atoms with van der Waals surface area (Å²) in [6.45, 7) is -0.465. The average Bonchev–Trinajstić information content (AvgIpc) is 2.35. The van der Waals surface area contributed by atoms with Gasteiger partial charge in [-0.15, -0.1) is 0 Å². The van der Waals surface area contributed by atoms with Crippen LogP contribution in [0.3, 0.4) is 0 Å². The molecular weight excluding hydrogens is 289 g/mol. The lowest BCUT2D eigenvalue weighted by atomic mass is 10.0. The summed E-state index contributed by atoms with van der Waals surface area (Å²) in [4.78, 5) is 22.0. The summed E-state index contributed by atoms with van der Waals surface area (Å²) in [7, 11) is 0. The molecule has 0 saturated heterocycles. The largest absolute Gasteiger partial charge is 0.481 e. The summed E-state index contributed by atoms with van der Waals surface area (Å²) in [6.07, 6.45) is -5.61. The van der Waals surface area contributed by atoms with E-state index in [1.165, 1.54) is 0 Å². The first kappa shape index (κ1) is 16.8. The molecule has 116 valence electrons. The molecule has 0 spiro atoms. The number of carboxylic acid groups (broad SMARTS) is 1. The maximum Gasteiger partial charge on any atom is 0.390 e. The van der Waals surface area contributed by atoms with Crippen molar-refractivity contribution in [3.8, 4) is 0 Å². The molecule has 0 aromatic heterocycles. The summed E-state index contributed by atoms with van der Waals surface area (Å²) in [6, 6.07) is 5.89. The third kappa shape index (κ3) is 7.19. The molecule has 21 heavy (non-hydrogen) atoms. The van der Waals surface area contributed by atoms with E-state index in [0.29, 0.717) is 11.1 Å². The van der Waals surface area contributed by atoms with Gasteiger partial charge in [-0.3, -0.25) is 4.79 Å². The Labute approximate surface area is 119 Å². The molecule has 5 nitrogen and oxygen atoms in total. The molecule has 0 heterocycles. The van der Waals surface area contributed by atoms with Crippen molar-refractivity contribution in [3.05, 3.63) is 35.4 Å². The fraction of sp³-hybridized carbons (Fsp3) is 0.385. The van der Waals surface area contributed by atoms with Crippen LogP contribution in [0, 0.1) is 0 Å². The summed E-state index contributed by atoms with van der Waals surface area (Å²) >= 11 is 0. The van der Waals surface area contributed by atoms with Crippen molar-refractivity contribution in [2.45, 2.75) is 25.6 Å². The minimum atomic E-state index is -4.32. The summed E-state index contributed by atoms with van der Waals surface area (Å²) < 4.78 is 35.7. The number of benzene rings is 1. The van der Waals surface area contributed by atoms with Crippen LogP contribution >= 0.6 is 0 Å². The third-order valence-electron chi connectivity index (χ3n) is 2.59. The highest BCUT2D eigenvalue weighted by Crippen LogP contribution is 2.18. The number of alkyl halides is 3. The number of carbonyl (C=O) groups is 2. The summed E-state index contributed by atoms with van der Waals surface area (Å²) in [5.41, 5.74) is 1.14. The van der Waals surface area contributed by atoms with E-state index in [9.17, 15) is 22.8 Å². The van der Waals surface area contributed by atoms with Crippen molar-refractivity contribution >= 4 is 12.0 Å². The highest BCUT2D eigenvalue weighted by atomic mass is 19.4. The highest BCUT2D eigenvalue weighted by Gasteiger charge is 2.26. The second-order valence-electron chi connectivity index (χ2n) is 4.31. The van der Waals surface area contributed by atoms with Crippen molar-refractivity contribution < 1.29 is 27.9 Å². The van der Waals surface area contributed by atoms with E-state index in [0.717, 1.165) is 0 Å². The van der Waals surface area contributed by atoms with Crippen molar-refractivity contribution in [1.82, 2.24) is 10.6 Å². The van der Waals surface area contributed by atoms with E-state index in [1.54, 1.807) is 24.3 Å². The lowest BCUT2D eigenvalue weighted by molar-refractivity contribution is -0.136. The number of aliphatic carboxylic acids is 1. The smallest absolute Gasteiger partial charge is 0.390 e. The number of hydrogen-bond acceptors (Lipinski definition) is 2. The number of rotatable bonds is 6. The zero-order valence-corrected chi connectivity index (χ0v) is 11.0. The Hall–Kier alpha value is -2.25. The molecule has 0 fully saturated rings. The molecule has 0 aliphatic carbocycles. The van der Waals surface area contributed by atoms with Gasteiger partial charge < -0.3 is 15.7 Å². The van der Waals surface area contributed by atoms with Crippen LogP contribution in [0.2, 0.25) is 0 Å². The van der Waals surface area contributed by atoms with Crippen LogP contribution < -0.4 is 10.6 Å². The average molecular weight is 304 g/mol. The lowest BCUT2D eigenvalue weighted by Crippen LogP contribution is -2.37. The van der Waals surface area contributed by atoms with Gasteiger partial charge in [-0.2, -0.15) is 13.2 Å². The molecule has 1 aromatic rings. The van der Waals surface area contributed by atoms with Gasteiger partial charge >= 0.3 is 18.2 Å². The normalized spacial score (nSPS) is 11.0. The molecule has 2 amide bonds. The topological polar surface area (TPSA) is 78.4 Å². The van der Waals surface area contributed by atoms with Gasteiger partial charge in [0.25, 0.3) is 0 Å². The number of urea groups is 1. The van der Waals surface area contributed by atoms with Gasteiger partial charge in [0.15, 0.2) is 0 Å². The molecule has 1 rings (SSSR count). The standard InChI is InChI=1S/C13H15F3N2O3/c14-13(15,16)5-6-17-12(21)18-8-10-4-2-1-3-9(10)7-11(19)20/h1-4H,5-8H2,(H,19,20)(H2,17,18,21). The number of carboxylic acids is 1. The van der Waals surface area contributed by atoms with Crippen LogP contribution in [0.25, 0.3) is 0 Å². The van der Waals surface area contributed by atoms with Crippen LogP contribution in [0.15, 0.2) is 24.3 Å². The van der Waals surface area contributed by atoms with Gasteiger partial charge in [-0.05, 0) is 11.1 Å². The van der Waals surface area contributed by atoms with Gasteiger partial charge in [-0.25, -0.2) is 4.79 Å². The van der Waals surface area contributed by atoms with E-state index in [1.807, 2.05) is 0 Å². The maximum absolute atomic E-state index is 11.9. The fourth-order valence-corrected chi connectivity index (χ4v) is 1.62. The fourth-order valence-electron chi connectivity index (χ4n) is 1.62. The predicted molar refractivity (Wildman–Crippen MR) is 68.7 cm³/mol. The van der Waals surface area contributed by atoms with Gasteiger partial charge in [0, 0.05) is 13.1 Å². The van der Waals surface area contributed by atoms with Gasteiger partial charge in [0.05, 0.1) is 12.8 Å². The number of halogens is 3. The molecule has 3 N–H and O–H groups in total. The Morgan fingerprint density at radius 1 is 1.10 bits per heavy atom. The Morgan fingerprint density at radius 2 is 1.71 bits per heavy atom. The molecule has 1 aromatic carbocycles. The Kier molecular flexibility index (Phi) is 6.01. The number of amides is 2. The molecule has 0 aliphatic rings. The second kappa shape index (κ2) is 7.51.